The van der Waals surface area contributed by atoms with E-state index in [0.29, 0.717) is 0 Å². The minimum Gasteiger partial charge on any atom is -0.349 e. The van der Waals surface area contributed by atoms with Crippen LogP contribution >= 0.6 is 0 Å². The first-order valence-corrected chi connectivity index (χ1v) is 9.94. The van der Waals surface area contributed by atoms with Gasteiger partial charge in [0.2, 0.25) is 5.91 Å². The van der Waals surface area contributed by atoms with Crippen LogP contribution in [0.4, 0.5) is 0 Å². The second kappa shape index (κ2) is 7.89. The molecule has 1 saturated carbocycles. The number of amides is 2. The van der Waals surface area contributed by atoms with Crippen molar-refractivity contribution < 1.29 is 9.59 Å². The molecule has 1 aromatic carbocycles. The van der Waals surface area contributed by atoms with Gasteiger partial charge in [-0.2, -0.15) is 5.26 Å². The number of carbonyl (C=O) groups is 2. The fourth-order valence-electron chi connectivity index (χ4n) is 3.70. The third kappa shape index (κ3) is 3.94. The quantitative estimate of drug-likeness (QED) is 0.644. The molecule has 2 fully saturated rings. The Morgan fingerprint density at radius 1 is 1.18 bits per heavy atom. The van der Waals surface area contributed by atoms with Crippen LogP contribution in [-0.2, 0) is 16.1 Å². The van der Waals surface area contributed by atoms with Gasteiger partial charge in [0, 0.05) is 41.8 Å². The van der Waals surface area contributed by atoms with Crippen LogP contribution in [0.2, 0.25) is 0 Å². The molecule has 28 heavy (non-hydrogen) atoms. The van der Waals surface area contributed by atoms with Gasteiger partial charge in [-0.15, -0.1) is 0 Å². The van der Waals surface area contributed by atoms with Gasteiger partial charge in [-0.25, -0.2) is 0 Å². The summed E-state index contributed by atoms with van der Waals surface area (Å²) < 4.78 is 1.92. The molecule has 1 aliphatic carbocycles. The zero-order valence-corrected chi connectivity index (χ0v) is 15.9. The molecule has 2 heterocycles. The number of hydrogen-bond acceptors (Lipinski definition) is 3. The lowest BCUT2D eigenvalue weighted by Crippen LogP contribution is -2.37. The van der Waals surface area contributed by atoms with Gasteiger partial charge in [0.15, 0.2) is 0 Å². The molecule has 4 rings (SSSR count). The molecule has 2 aromatic rings. The van der Waals surface area contributed by atoms with Crippen LogP contribution < -0.4 is 5.32 Å². The van der Waals surface area contributed by atoms with Crippen LogP contribution in [0.1, 0.15) is 37.7 Å². The maximum atomic E-state index is 12.7. The highest BCUT2D eigenvalue weighted by molar-refractivity contribution is 6.04. The first-order valence-electron chi connectivity index (χ1n) is 9.94. The first kappa shape index (κ1) is 18.3. The third-order valence-corrected chi connectivity index (χ3v) is 5.41. The summed E-state index contributed by atoms with van der Waals surface area (Å²) in [5.41, 5.74) is 1.81. The lowest BCUT2D eigenvalue weighted by Gasteiger charge is -2.27. The van der Waals surface area contributed by atoms with Crippen molar-refractivity contribution in [2.75, 3.05) is 13.1 Å². The van der Waals surface area contributed by atoms with Crippen LogP contribution in [-0.4, -0.2) is 40.4 Å². The summed E-state index contributed by atoms with van der Waals surface area (Å²) in [6, 6.07) is 9.99. The number of piperidine rings is 1. The maximum absolute atomic E-state index is 12.7. The van der Waals surface area contributed by atoms with Gasteiger partial charge in [0.05, 0.1) is 0 Å². The molecule has 0 radical (unpaired) electrons. The lowest BCUT2D eigenvalue weighted by molar-refractivity contribution is -0.132. The number of nitrogens with one attached hydrogen (secondary N) is 1. The zero-order valence-electron chi connectivity index (χ0n) is 15.9. The zero-order chi connectivity index (χ0) is 19.5. The van der Waals surface area contributed by atoms with Gasteiger partial charge < -0.3 is 14.8 Å². The second-order valence-electron chi connectivity index (χ2n) is 7.59. The second-order valence-corrected chi connectivity index (χ2v) is 7.59. The van der Waals surface area contributed by atoms with E-state index in [1.165, 1.54) is 6.42 Å². The number of nitriles is 1. The Hall–Kier alpha value is -3.07. The van der Waals surface area contributed by atoms with Crippen LogP contribution in [0.25, 0.3) is 17.0 Å². The summed E-state index contributed by atoms with van der Waals surface area (Å²) in [6.45, 7) is 1.92. The molecule has 1 N–H and O–H groups in total. The minimum atomic E-state index is -0.328. The molecular formula is C22H24N4O2. The van der Waals surface area contributed by atoms with E-state index in [4.69, 9.17) is 0 Å². The number of nitrogens with zero attached hydrogens (tertiary/aromatic N) is 3. The third-order valence-electron chi connectivity index (χ3n) is 5.41. The average Bonchev–Trinajstić information content (AvgIpc) is 3.48. The van der Waals surface area contributed by atoms with Gasteiger partial charge in [-0.3, -0.25) is 9.59 Å². The van der Waals surface area contributed by atoms with Crippen LogP contribution in [0.5, 0.6) is 0 Å². The number of para-hydroxylation sites is 1. The Labute approximate surface area is 164 Å². The number of rotatable bonds is 5. The van der Waals surface area contributed by atoms with E-state index in [1.807, 2.05) is 46.0 Å². The Bertz CT molecular complexity index is 972. The van der Waals surface area contributed by atoms with Gasteiger partial charge in [-0.05, 0) is 44.2 Å². The molecular weight excluding hydrogens is 352 g/mol. The fraction of sp³-hybridized carbons (Fsp3) is 0.409. The first-order chi connectivity index (χ1) is 13.7. The number of hydrogen-bond donors (Lipinski definition) is 1. The predicted octanol–water partition coefficient (Wildman–Crippen LogP) is 2.84. The number of benzene rings is 1. The van der Waals surface area contributed by atoms with E-state index in [9.17, 15) is 14.9 Å². The Balaban J connectivity index is 1.62. The van der Waals surface area contributed by atoms with Gasteiger partial charge in [-0.1, -0.05) is 18.2 Å². The molecule has 2 aliphatic rings. The van der Waals surface area contributed by atoms with Crippen molar-refractivity contribution in [2.24, 2.45) is 0 Å². The molecule has 1 saturated heterocycles. The van der Waals surface area contributed by atoms with E-state index >= 15 is 0 Å². The molecule has 6 nitrogen and oxygen atoms in total. The monoisotopic (exact) mass is 376 g/mol. The van der Waals surface area contributed by atoms with Crippen molar-refractivity contribution in [3.63, 3.8) is 0 Å². The number of aromatic nitrogens is 1. The highest BCUT2D eigenvalue weighted by Gasteiger charge is 2.25. The van der Waals surface area contributed by atoms with Crippen molar-refractivity contribution in [1.29, 1.82) is 5.26 Å². The van der Waals surface area contributed by atoms with Crippen LogP contribution in [0.3, 0.4) is 0 Å². The summed E-state index contributed by atoms with van der Waals surface area (Å²) >= 11 is 0. The van der Waals surface area contributed by atoms with Crippen LogP contribution in [0.15, 0.2) is 36.0 Å². The fourth-order valence-corrected chi connectivity index (χ4v) is 3.70. The number of likely N-dealkylation sites (tertiary alicyclic amines) is 1. The summed E-state index contributed by atoms with van der Waals surface area (Å²) in [7, 11) is 0. The molecule has 144 valence electrons. The highest BCUT2D eigenvalue weighted by Crippen LogP contribution is 2.25. The molecule has 0 atom stereocenters. The topological polar surface area (TPSA) is 78.1 Å². The summed E-state index contributed by atoms with van der Waals surface area (Å²) in [4.78, 5) is 26.9. The molecule has 6 heteroatoms. The van der Waals surface area contributed by atoms with E-state index in [0.717, 1.165) is 55.2 Å². The normalized spacial score (nSPS) is 17.4. The van der Waals surface area contributed by atoms with Crippen molar-refractivity contribution in [1.82, 2.24) is 14.8 Å². The van der Waals surface area contributed by atoms with Crippen molar-refractivity contribution >= 4 is 28.8 Å². The van der Waals surface area contributed by atoms with Gasteiger partial charge in [0.25, 0.3) is 5.91 Å². The van der Waals surface area contributed by atoms with Crippen molar-refractivity contribution in [2.45, 2.75) is 44.7 Å². The maximum Gasteiger partial charge on any atom is 0.262 e. The summed E-state index contributed by atoms with van der Waals surface area (Å²) in [5.74, 6) is -0.214. The Morgan fingerprint density at radius 3 is 2.64 bits per heavy atom. The smallest absolute Gasteiger partial charge is 0.262 e. The molecule has 0 bridgehead atoms. The van der Waals surface area contributed by atoms with E-state index < -0.39 is 0 Å². The van der Waals surface area contributed by atoms with Crippen LogP contribution in [0, 0.1) is 11.3 Å². The highest BCUT2D eigenvalue weighted by atomic mass is 16.2. The molecule has 1 aromatic heterocycles. The standard InChI is InChI=1S/C22H24N4O2/c23-13-16(22(28)24-18-8-9-18)12-17-14-26(20-7-3-2-6-19(17)20)15-21(27)25-10-4-1-5-11-25/h2-3,6-7,12,14,18H,1,4-5,8-11,15H2,(H,24,28)/b16-12+. The SMILES string of the molecule is N#C/C(=C\c1cn(CC(=O)N2CCCCC2)c2ccccc12)C(=O)NC1CC1. The van der Waals surface area contributed by atoms with E-state index in [2.05, 4.69) is 5.32 Å². The number of fused-ring (bicyclic) bond motifs is 1. The molecule has 1 aliphatic heterocycles. The van der Waals surface area contributed by atoms with E-state index in [1.54, 1.807) is 6.08 Å². The van der Waals surface area contributed by atoms with Crippen molar-refractivity contribution in [3.8, 4) is 6.07 Å². The predicted molar refractivity (Wildman–Crippen MR) is 107 cm³/mol. The lowest BCUT2D eigenvalue weighted by atomic mass is 10.1. The largest absolute Gasteiger partial charge is 0.349 e. The van der Waals surface area contributed by atoms with Crippen molar-refractivity contribution in [3.05, 3.63) is 41.6 Å². The minimum absolute atomic E-state index is 0.0946. The summed E-state index contributed by atoms with van der Waals surface area (Å²) in [6.07, 6.45) is 8.76. The number of carbonyl (C=O) groups excluding carboxylic acids is 2. The Morgan fingerprint density at radius 2 is 1.93 bits per heavy atom. The Kier molecular flexibility index (Phi) is 5.16. The van der Waals surface area contributed by atoms with Gasteiger partial charge in [0.1, 0.15) is 18.2 Å². The average molecular weight is 376 g/mol. The van der Waals surface area contributed by atoms with E-state index in [-0.39, 0.29) is 30.0 Å². The molecule has 0 spiro atoms. The molecule has 2 amide bonds. The summed E-state index contributed by atoms with van der Waals surface area (Å²) in [5, 5.41) is 13.2. The molecule has 0 unspecified atom stereocenters. The van der Waals surface area contributed by atoms with Gasteiger partial charge >= 0.3 is 0 Å².